The van der Waals surface area contributed by atoms with Crippen LogP contribution in [-0.2, 0) is 29.0 Å². The second-order valence-electron chi connectivity index (χ2n) is 9.29. The number of hydrogen-bond acceptors (Lipinski definition) is 7. The molecule has 4 aromatic rings. The van der Waals surface area contributed by atoms with Crippen molar-refractivity contribution >= 4 is 50.6 Å². The molecule has 10 heteroatoms. The van der Waals surface area contributed by atoms with Crippen molar-refractivity contribution in [2.24, 2.45) is 0 Å². The third-order valence-corrected chi connectivity index (χ3v) is 8.03. The summed E-state index contributed by atoms with van der Waals surface area (Å²) in [5.74, 6) is 0.171. The van der Waals surface area contributed by atoms with Crippen molar-refractivity contribution in [3.05, 3.63) is 93.9 Å². The van der Waals surface area contributed by atoms with Crippen LogP contribution in [0, 0.1) is 5.82 Å². The number of nitrogens with one attached hydrogen (secondary N) is 1. The fourth-order valence-corrected chi connectivity index (χ4v) is 6.01. The molecule has 2 aromatic carbocycles. The topological polar surface area (TPSA) is 70.6 Å². The number of rotatable bonds is 10. The Labute approximate surface area is 235 Å². The highest BCUT2D eigenvalue weighted by Gasteiger charge is 2.25. The number of halogens is 2. The Kier molecular flexibility index (Phi) is 8.83. The molecule has 1 N–H and O–H groups in total. The number of nitrogens with zero attached hydrogens (tertiary/aromatic N) is 4. The van der Waals surface area contributed by atoms with E-state index in [4.69, 9.17) is 16.3 Å². The summed E-state index contributed by atoms with van der Waals surface area (Å²) >= 11 is 7.53. The molecule has 2 aromatic heterocycles. The molecule has 0 fully saturated rings. The van der Waals surface area contributed by atoms with Gasteiger partial charge in [0.2, 0.25) is 5.91 Å². The first-order valence-electron chi connectivity index (χ1n) is 12.7. The SMILES string of the molecule is COCCN(CC=CC(=O)N1CCc2c(sc3ncnc(Nc4ccc(F)c(Cl)c4)c23)C1)Cc1ccccc1. The van der Waals surface area contributed by atoms with Crippen molar-refractivity contribution in [1.82, 2.24) is 19.8 Å². The number of carbonyl (C=O) groups excluding carboxylic acids is 1. The van der Waals surface area contributed by atoms with Crippen LogP contribution in [0.3, 0.4) is 0 Å². The Balaban J connectivity index is 1.26. The summed E-state index contributed by atoms with van der Waals surface area (Å²) in [4.78, 5) is 28.0. The van der Waals surface area contributed by atoms with Gasteiger partial charge in [0.1, 0.15) is 22.8 Å². The van der Waals surface area contributed by atoms with Crippen LogP contribution in [0.2, 0.25) is 5.02 Å². The Morgan fingerprint density at radius 2 is 2.10 bits per heavy atom. The zero-order valence-electron chi connectivity index (χ0n) is 21.6. The molecule has 0 atom stereocenters. The van der Waals surface area contributed by atoms with Crippen molar-refractivity contribution < 1.29 is 13.9 Å². The molecule has 1 aliphatic heterocycles. The van der Waals surface area contributed by atoms with Crippen molar-refractivity contribution in [2.45, 2.75) is 19.5 Å². The molecule has 3 heterocycles. The van der Waals surface area contributed by atoms with Gasteiger partial charge in [0.15, 0.2) is 0 Å². The molecular formula is C29H29ClFN5O2S. The number of benzene rings is 2. The summed E-state index contributed by atoms with van der Waals surface area (Å²) in [7, 11) is 1.70. The van der Waals surface area contributed by atoms with Gasteiger partial charge >= 0.3 is 0 Å². The third-order valence-electron chi connectivity index (χ3n) is 6.62. The summed E-state index contributed by atoms with van der Waals surface area (Å²) in [6.07, 6.45) is 5.82. The van der Waals surface area contributed by atoms with Crippen LogP contribution < -0.4 is 5.32 Å². The first-order valence-corrected chi connectivity index (χ1v) is 13.9. The van der Waals surface area contributed by atoms with Gasteiger partial charge in [0, 0.05) is 49.9 Å². The Hall–Kier alpha value is -3.37. The van der Waals surface area contributed by atoms with Gasteiger partial charge in [0.05, 0.1) is 23.6 Å². The fourth-order valence-electron chi connectivity index (χ4n) is 4.63. The minimum atomic E-state index is -0.472. The number of anilines is 2. The quantitative estimate of drug-likeness (QED) is 0.244. The molecule has 7 nitrogen and oxygen atoms in total. The number of methoxy groups -OCH3 is 1. The minimum absolute atomic E-state index is 0.00473. The Morgan fingerprint density at radius 1 is 1.26 bits per heavy atom. The van der Waals surface area contributed by atoms with E-state index in [9.17, 15) is 9.18 Å². The standard InChI is InChI=1S/C29H29ClFN5O2S/c1-38-15-14-35(17-20-6-3-2-4-7-20)12-5-8-26(37)36-13-11-22-25(18-36)39-29-27(22)28(32-19-33-29)34-21-9-10-24(31)23(30)16-21/h2-10,16,19H,11-15,17-18H2,1H3,(H,32,33,34). The molecule has 0 saturated carbocycles. The van der Waals surface area contributed by atoms with Crippen LogP contribution in [0.1, 0.15) is 16.0 Å². The highest BCUT2D eigenvalue weighted by atomic mass is 35.5. The van der Waals surface area contributed by atoms with Crippen LogP contribution in [0.5, 0.6) is 0 Å². The lowest BCUT2D eigenvalue weighted by molar-refractivity contribution is -0.126. The number of fused-ring (bicyclic) bond motifs is 3. The number of hydrogen-bond donors (Lipinski definition) is 1. The van der Waals surface area contributed by atoms with Gasteiger partial charge in [-0.25, -0.2) is 14.4 Å². The maximum atomic E-state index is 13.6. The lowest BCUT2D eigenvalue weighted by atomic mass is 10.0. The van der Waals surface area contributed by atoms with E-state index in [1.807, 2.05) is 29.2 Å². The van der Waals surface area contributed by atoms with E-state index < -0.39 is 5.82 Å². The molecular weight excluding hydrogens is 537 g/mol. The average molecular weight is 566 g/mol. The number of amides is 1. The molecule has 0 aliphatic carbocycles. The molecule has 5 rings (SSSR count). The first kappa shape index (κ1) is 27.2. The van der Waals surface area contributed by atoms with Crippen LogP contribution in [0.25, 0.3) is 10.2 Å². The minimum Gasteiger partial charge on any atom is -0.383 e. The van der Waals surface area contributed by atoms with E-state index in [1.54, 1.807) is 30.6 Å². The van der Waals surface area contributed by atoms with E-state index in [0.717, 1.165) is 33.7 Å². The van der Waals surface area contributed by atoms with Gasteiger partial charge in [-0.1, -0.05) is 48.0 Å². The van der Waals surface area contributed by atoms with Crippen molar-refractivity contribution in [1.29, 1.82) is 0 Å². The largest absolute Gasteiger partial charge is 0.383 e. The van der Waals surface area contributed by atoms with Gasteiger partial charge in [0.25, 0.3) is 0 Å². The Morgan fingerprint density at radius 3 is 2.90 bits per heavy atom. The zero-order chi connectivity index (χ0) is 27.2. The van der Waals surface area contributed by atoms with Gasteiger partial charge in [-0.15, -0.1) is 11.3 Å². The lowest BCUT2D eigenvalue weighted by Gasteiger charge is -2.26. The second-order valence-corrected chi connectivity index (χ2v) is 10.8. The van der Waals surface area contributed by atoms with E-state index >= 15 is 0 Å². The predicted molar refractivity (Wildman–Crippen MR) is 154 cm³/mol. The number of carbonyl (C=O) groups is 1. The van der Waals surface area contributed by atoms with E-state index in [2.05, 4.69) is 32.3 Å². The Bertz CT molecular complexity index is 1480. The first-order chi connectivity index (χ1) is 19.0. The van der Waals surface area contributed by atoms with E-state index in [-0.39, 0.29) is 10.9 Å². The maximum absolute atomic E-state index is 13.6. The van der Waals surface area contributed by atoms with Crippen LogP contribution in [-0.4, -0.2) is 59.0 Å². The smallest absolute Gasteiger partial charge is 0.246 e. The summed E-state index contributed by atoms with van der Waals surface area (Å²) in [5, 5.41) is 4.24. The predicted octanol–water partition coefficient (Wildman–Crippen LogP) is 5.82. The van der Waals surface area contributed by atoms with Gasteiger partial charge in [-0.3, -0.25) is 9.69 Å². The third kappa shape index (κ3) is 6.62. The molecule has 0 saturated heterocycles. The number of aromatic nitrogens is 2. The van der Waals surface area contributed by atoms with Crippen LogP contribution in [0.4, 0.5) is 15.9 Å². The molecule has 0 bridgehead atoms. The van der Waals surface area contributed by atoms with E-state index in [0.29, 0.717) is 44.2 Å². The van der Waals surface area contributed by atoms with E-state index in [1.165, 1.54) is 24.0 Å². The van der Waals surface area contributed by atoms with Gasteiger partial charge in [-0.05, 0) is 35.7 Å². The second kappa shape index (κ2) is 12.7. The summed E-state index contributed by atoms with van der Waals surface area (Å²) in [6.45, 7) is 3.99. The molecule has 202 valence electrons. The molecule has 1 amide bonds. The summed E-state index contributed by atoms with van der Waals surface area (Å²) in [5.41, 5.74) is 3.01. The maximum Gasteiger partial charge on any atom is 0.246 e. The van der Waals surface area contributed by atoms with Gasteiger partial charge in [-0.2, -0.15) is 0 Å². The van der Waals surface area contributed by atoms with Crippen molar-refractivity contribution in [2.75, 3.05) is 38.7 Å². The molecule has 0 unspecified atom stereocenters. The molecule has 0 radical (unpaired) electrons. The van der Waals surface area contributed by atoms with Crippen LogP contribution >= 0.6 is 22.9 Å². The lowest BCUT2D eigenvalue weighted by Crippen LogP contribution is -2.34. The van der Waals surface area contributed by atoms with Gasteiger partial charge < -0.3 is 15.0 Å². The highest BCUT2D eigenvalue weighted by Crippen LogP contribution is 2.38. The monoisotopic (exact) mass is 565 g/mol. The summed E-state index contributed by atoms with van der Waals surface area (Å²) < 4.78 is 18.9. The van der Waals surface area contributed by atoms with Crippen molar-refractivity contribution in [3.63, 3.8) is 0 Å². The fraction of sp³-hybridized carbons (Fsp3) is 0.276. The number of thiophene rings is 1. The molecule has 39 heavy (non-hydrogen) atoms. The van der Waals surface area contributed by atoms with Crippen LogP contribution in [0.15, 0.2) is 67.0 Å². The average Bonchev–Trinajstić information content (AvgIpc) is 3.33. The molecule has 0 spiro atoms. The normalized spacial score (nSPS) is 13.4. The zero-order valence-corrected chi connectivity index (χ0v) is 23.1. The molecule has 1 aliphatic rings. The van der Waals surface area contributed by atoms with Crippen molar-refractivity contribution in [3.8, 4) is 0 Å². The summed E-state index contributed by atoms with van der Waals surface area (Å²) in [6, 6.07) is 14.8. The highest BCUT2D eigenvalue weighted by molar-refractivity contribution is 7.19. The number of ether oxygens (including phenoxy) is 1.